The van der Waals surface area contributed by atoms with Crippen LogP contribution in [0.15, 0.2) is 48.5 Å². The Morgan fingerprint density at radius 2 is 1.71 bits per heavy atom. The average Bonchev–Trinajstić information content (AvgIpc) is 2.55. The van der Waals surface area contributed by atoms with Gasteiger partial charge in [0.25, 0.3) is 0 Å². The Hall–Kier alpha value is -2.62. The van der Waals surface area contributed by atoms with Gasteiger partial charge in [-0.25, -0.2) is 0 Å². The summed E-state index contributed by atoms with van der Waals surface area (Å²) in [4.78, 5) is 22.6. The van der Waals surface area contributed by atoms with Crippen LogP contribution in [-0.4, -0.2) is 17.0 Å². The Bertz CT molecular complexity index is 692. The fraction of sp³-hybridized carbons (Fsp3) is 0.300. The van der Waals surface area contributed by atoms with Crippen LogP contribution in [0.25, 0.3) is 0 Å². The van der Waals surface area contributed by atoms with Crippen LogP contribution in [0.2, 0.25) is 0 Å². The van der Waals surface area contributed by atoms with Crippen molar-refractivity contribution in [3.8, 4) is 0 Å². The summed E-state index contributed by atoms with van der Waals surface area (Å²) in [6, 6.07) is 15.7. The van der Waals surface area contributed by atoms with Crippen LogP contribution >= 0.6 is 0 Å². The van der Waals surface area contributed by atoms with E-state index in [1.165, 1.54) is 11.1 Å². The number of rotatable bonds is 8. The van der Waals surface area contributed by atoms with E-state index in [9.17, 15) is 9.59 Å². The number of hydrogen-bond acceptors (Lipinski definition) is 2. The monoisotopic (exact) mass is 325 g/mol. The summed E-state index contributed by atoms with van der Waals surface area (Å²) in [5.41, 5.74) is 4.11. The third-order valence-corrected chi connectivity index (χ3v) is 3.83. The molecule has 0 heterocycles. The fourth-order valence-corrected chi connectivity index (χ4v) is 2.49. The summed E-state index contributed by atoms with van der Waals surface area (Å²) in [6.07, 6.45) is 2.70. The topological polar surface area (TPSA) is 66.4 Å². The largest absolute Gasteiger partial charge is 0.481 e. The highest BCUT2D eigenvalue weighted by atomic mass is 16.4. The molecule has 0 aromatic heterocycles. The standard InChI is InChI=1S/C20H23NO3/c1-15-8-10-16(11-9-15)4-3-7-19(22)21-18-6-2-5-17(14-18)12-13-20(23)24/h2,5-6,8-11,14H,3-4,7,12-13H2,1H3,(H,21,22)(H,23,24). The molecule has 4 heteroatoms. The second-order valence-corrected chi connectivity index (χ2v) is 5.98. The van der Waals surface area contributed by atoms with Crippen molar-refractivity contribution in [3.63, 3.8) is 0 Å². The summed E-state index contributed by atoms with van der Waals surface area (Å²) in [7, 11) is 0. The second kappa shape index (κ2) is 8.87. The molecule has 126 valence electrons. The first kappa shape index (κ1) is 17.7. The van der Waals surface area contributed by atoms with Gasteiger partial charge in [-0.1, -0.05) is 42.0 Å². The maximum atomic E-state index is 12.0. The molecule has 0 saturated carbocycles. The number of carbonyl (C=O) groups excluding carboxylic acids is 1. The normalized spacial score (nSPS) is 10.4. The maximum Gasteiger partial charge on any atom is 0.303 e. The van der Waals surface area contributed by atoms with Crippen molar-refractivity contribution in [3.05, 3.63) is 65.2 Å². The number of carbonyl (C=O) groups is 2. The number of hydrogen-bond donors (Lipinski definition) is 2. The molecule has 2 aromatic carbocycles. The molecule has 0 fully saturated rings. The molecular weight excluding hydrogens is 302 g/mol. The lowest BCUT2D eigenvalue weighted by molar-refractivity contribution is -0.137. The van der Waals surface area contributed by atoms with E-state index >= 15 is 0 Å². The number of carboxylic acids is 1. The van der Waals surface area contributed by atoms with Crippen molar-refractivity contribution >= 4 is 17.6 Å². The van der Waals surface area contributed by atoms with Crippen LogP contribution in [0.4, 0.5) is 5.69 Å². The van der Waals surface area contributed by atoms with E-state index in [0.29, 0.717) is 12.8 Å². The summed E-state index contributed by atoms with van der Waals surface area (Å²) < 4.78 is 0. The van der Waals surface area contributed by atoms with Crippen LogP contribution in [0.1, 0.15) is 36.0 Å². The Morgan fingerprint density at radius 3 is 2.42 bits per heavy atom. The molecule has 2 rings (SSSR count). The molecule has 0 aliphatic heterocycles. The molecule has 0 atom stereocenters. The van der Waals surface area contributed by atoms with Crippen molar-refractivity contribution < 1.29 is 14.7 Å². The quantitative estimate of drug-likeness (QED) is 0.771. The molecule has 24 heavy (non-hydrogen) atoms. The zero-order valence-electron chi connectivity index (χ0n) is 13.9. The van der Waals surface area contributed by atoms with Gasteiger partial charge in [-0.15, -0.1) is 0 Å². The third-order valence-electron chi connectivity index (χ3n) is 3.83. The molecule has 4 nitrogen and oxygen atoms in total. The Labute approximate surface area is 142 Å². The molecule has 0 saturated heterocycles. The van der Waals surface area contributed by atoms with E-state index in [1.807, 2.05) is 24.3 Å². The van der Waals surface area contributed by atoms with Gasteiger partial charge in [-0.2, -0.15) is 0 Å². The summed E-state index contributed by atoms with van der Waals surface area (Å²) in [5.74, 6) is -0.835. The van der Waals surface area contributed by atoms with E-state index in [-0.39, 0.29) is 12.3 Å². The number of carboxylic acid groups (broad SMARTS) is 1. The average molecular weight is 325 g/mol. The number of aliphatic carboxylic acids is 1. The van der Waals surface area contributed by atoms with Crippen LogP contribution in [0, 0.1) is 6.92 Å². The number of aryl methyl sites for hydroxylation is 3. The predicted octanol–water partition coefficient (Wildman–Crippen LogP) is 3.97. The highest BCUT2D eigenvalue weighted by molar-refractivity contribution is 5.90. The molecule has 0 aliphatic carbocycles. The van der Waals surface area contributed by atoms with Crippen LogP contribution in [0.5, 0.6) is 0 Å². The molecule has 2 N–H and O–H groups in total. The lowest BCUT2D eigenvalue weighted by atomic mass is 10.1. The highest BCUT2D eigenvalue weighted by Gasteiger charge is 2.05. The van der Waals surface area contributed by atoms with Gasteiger partial charge in [0.2, 0.25) is 5.91 Å². The van der Waals surface area contributed by atoms with Crippen molar-refractivity contribution in [2.24, 2.45) is 0 Å². The first-order valence-electron chi connectivity index (χ1n) is 8.19. The Kier molecular flexibility index (Phi) is 6.55. The number of amides is 1. The minimum Gasteiger partial charge on any atom is -0.481 e. The fourth-order valence-electron chi connectivity index (χ4n) is 2.49. The first-order valence-corrected chi connectivity index (χ1v) is 8.19. The molecule has 0 aliphatic rings. The van der Waals surface area contributed by atoms with Crippen molar-refractivity contribution in [1.29, 1.82) is 0 Å². The summed E-state index contributed by atoms with van der Waals surface area (Å²) in [6.45, 7) is 2.06. The summed E-state index contributed by atoms with van der Waals surface area (Å²) in [5, 5.41) is 11.6. The first-order chi connectivity index (χ1) is 11.5. The van der Waals surface area contributed by atoms with Gasteiger partial charge >= 0.3 is 5.97 Å². The van der Waals surface area contributed by atoms with E-state index in [0.717, 1.165) is 24.1 Å². The van der Waals surface area contributed by atoms with E-state index in [4.69, 9.17) is 5.11 Å². The third kappa shape index (κ3) is 6.24. The van der Waals surface area contributed by atoms with Gasteiger partial charge in [0.05, 0.1) is 0 Å². The predicted molar refractivity (Wildman–Crippen MR) is 95.1 cm³/mol. The Morgan fingerprint density at radius 1 is 0.958 bits per heavy atom. The zero-order chi connectivity index (χ0) is 17.4. The van der Waals surface area contributed by atoms with Crippen LogP contribution < -0.4 is 5.32 Å². The van der Waals surface area contributed by atoms with Gasteiger partial charge in [0.15, 0.2) is 0 Å². The SMILES string of the molecule is Cc1ccc(CCCC(=O)Nc2cccc(CCC(=O)O)c2)cc1. The van der Waals surface area contributed by atoms with Crippen LogP contribution in [0.3, 0.4) is 0 Å². The highest BCUT2D eigenvalue weighted by Crippen LogP contribution is 2.13. The number of nitrogens with one attached hydrogen (secondary N) is 1. The van der Waals surface area contributed by atoms with Gasteiger partial charge in [-0.05, 0) is 49.4 Å². The van der Waals surface area contributed by atoms with Gasteiger partial charge in [-0.3, -0.25) is 9.59 Å². The van der Waals surface area contributed by atoms with Crippen molar-refractivity contribution in [2.45, 2.75) is 39.0 Å². The maximum absolute atomic E-state index is 12.0. The van der Waals surface area contributed by atoms with Gasteiger partial charge < -0.3 is 10.4 Å². The second-order valence-electron chi connectivity index (χ2n) is 5.98. The molecule has 0 bridgehead atoms. The van der Waals surface area contributed by atoms with Crippen LogP contribution in [-0.2, 0) is 22.4 Å². The molecule has 0 unspecified atom stereocenters. The van der Waals surface area contributed by atoms with E-state index < -0.39 is 5.97 Å². The van der Waals surface area contributed by atoms with E-state index in [1.54, 1.807) is 0 Å². The molecule has 2 aromatic rings. The lowest BCUT2D eigenvalue weighted by Gasteiger charge is -2.07. The molecule has 0 spiro atoms. The molecular formula is C20H23NO3. The van der Waals surface area contributed by atoms with Crippen molar-refractivity contribution in [1.82, 2.24) is 0 Å². The minimum absolute atomic E-state index is 0.0162. The molecule has 1 amide bonds. The van der Waals surface area contributed by atoms with Gasteiger partial charge in [0, 0.05) is 18.5 Å². The number of anilines is 1. The Balaban J connectivity index is 1.78. The summed E-state index contributed by atoms with van der Waals surface area (Å²) >= 11 is 0. The van der Waals surface area contributed by atoms with E-state index in [2.05, 4.69) is 36.5 Å². The number of benzene rings is 2. The minimum atomic E-state index is -0.819. The van der Waals surface area contributed by atoms with Gasteiger partial charge in [0.1, 0.15) is 0 Å². The lowest BCUT2D eigenvalue weighted by Crippen LogP contribution is -2.11. The zero-order valence-corrected chi connectivity index (χ0v) is 13.9. The molecule has 0 radical (unpaired) electrons. The van der Waals surface area contributed by atoms with Crippen molar-refractivity contribution in [2.75, 3.05) is 5.32 Å². The smallest absolute Gasteiger partial charge is 0.303 e.